The van der Waals surface area contributed by atoms with Crippen LogP contribution in [0, 0.1) is 4.64 Å². The number of carbonyl (C=O) groups excluding carboxylic acids is 1. The number of pyridine rings is 1. The predicted octanol–water partition coefficient (Wildman–Crippen LogP) is 2.74. The van der Waals surface area contributed by atoms with E-state index in [1.165, 1.54) is 0 Å². The van der Waals surface area contributed by atoms with Gasteiger partial charge in [-0.3, -0.25) is 9.61 Å². The molecule has 0 aliphatic heterocycles. The fourth-order valence-corrected chi connectivity index (χ4v) is 2.02. The average molecular weight is 250 g/mol. The Hall–Kier alpha value is -1.62. The highest BCUT2D eigenvalue weighted by atomic mass is 32.1. The Kier molecular flexibility index (Phi) is 3.28. The van der Waals surface area contributed by atoms with Crippen LogP contribution in [0.4, 0.5) is 0 Å². The Labute approximate surface area is 104 Å². The Bertz CT molecular complexity index is 612. The van der Waals surface area contributed by atoms with E-state index in [2.05, 4.69) is 12.0 Å². The first kappa shape index (κ1) is 11.9. The monoisotopic (exact) mass is 250 g/mol. The molecule has 0 radical (unpaired) electrons. The molecule has 0 aromatic carbocycles. The van der Waals surface area contributed by atoms with Crippen molar-refractivity contribution in [2.24, 2.45) is 0 Å². The Morgan fingerprint density at radius 2 is 2.29 bits per heavy atom. The number of nitrogens with one attached hydrogen (secondary N) is 1. The second-order valence-electron chi connectivity index (χ2n) is 3.68. The molecular weight excluding hydrogens is 236 g/mol. The normalized spacial score (nSPS) is 10.7. The molecule has 0 fully saturated rings. The molecule has 2 aromatic heterocycles. The number of aryl methyl sites for hydroxylation is 1. The summed E-state index contributed by atoms with van der Waals surface area (Å²) in [6, 6.07) is 3.95. The van der Waals surface area contributed by atoms with Crippen molar-refractivity contribution in [1.29, 1.82) is 0 Å². The minimum atomic E-state index is -0.371. The topological polar surface area (TPSA) is 46.5 Å². The van der Waals surface area contributed by atoms with Gasteiger partial charge in [0.05, 0.1) is 12.1 Å². The van der Waals surface area contributed by atoms with Crippen LogP contribution in [0.5, 0.6) is 0 Å². The maximum Gasteiger partial charge on any atom is 0.343 e. The largest absolute Gasteiger partial charge is 0.462 e. The minimum absolute atomic E-state index is 0.346. The lowest BCUT2D eigenvalue weighted by Gasteiger charge is -2.01. The van der Waals surface area contributed by atoms with Crippen LogP contribution in [0.3, 0.4) is 0 Å². The fourth-order valence-electron chi connectivity index (χ4n) is 1.74. The van der Waals surface area contributed by atoms with E-state index in [0.29, 0.717) is 16.8 Å². The molecule has 0 amide bonds. The molecule has 2 aromatic rings. The summed E-state index contributed by atoms with van der Waals surface area (Å²) >= 11 is 5.15. The number of H-pyrrole nitrogens is 1. The van der Waals surface area contributed by atoms with Crippen LogP contribution in [0.2, 0.25) is 0 Å². The minimum Gasteiger partial charge on any atom is -0.462 e. The lowest BCUT2D eigenvalue weighted by molar-refractivity contribution is 0.0528. The van der Waals surface area contributed by atoms with Crippen molar-refractivity contribution >= 4 is 23.7 Å². The van der Waals surface area contributed by atoms with Gasteiger partial charge in [0.1, 0.15) is 10.2 Å². The van der Waals surface area contributed by atoms with Crippen LogP contribution in [-0.4, -0.2) is 22.2 Å². The summed E-state index contributed by atoms with van der Waals surface area (Å²) in [6.07, 6.45) is 2.78. The predicted molar refractivity (Wildman–Crippen MR) is 67.9 cm³/mol. The van der Waals surface area contributed by atoms with Gasteiger partial charge < -0.3 is 4.74 Å². The quantitative estimate of drug-likeness (QED) is 0.673. The summed E-state index contributed by atoms with van der Waals surface area (Å²) in [5, 5.41) is 2.95. The highest BCUT2D eigenvalue weighted by Crippen LogP contribution is 2.16. The number of hydrogen-bond acceptors (Lipinski definition) is 3. The fraction of sp³-hybridized carbons (Fsp3) is 0.333. The summed E-state index contributed by atoms with van der Waals surface area (Å²) in [5.41, 5.74) is 2.37. The second-order valence-corrected chi connectivity index (χ2v) is 4.09. The van der Waals surface area contributed by atoms with Crippen molar-refractivity contribution < 1.29 is 9.53 Å². The van der Waals surface area contributed by atoms with E-state index < -0.39 is 0 Å². The van der Waals surface area contributed by atoms with E-state index in [9.17, 15) is 4.79 Å². The summed E-state index contributed by atoms with van der Waals surface area (Å²) < 4.78 is 7.17. The van der Waals surface area contributed by atoms with Crippen molar-refractivity contribution in [1.82, 2.24) is 9.61 Å². The lowest BCUT2D eigenvalue weighted by Crippen LogP contribution is -2.04. The maximum absolute atomic E-state index is 11.8. The van der Waals surface area contributed by atoms with Crippen LogP contribution in [0.25, 0.3) is 5.52 Å². The molecule has 0 spiro atoms. The molecule has 0 unspecified atom stereocenters. The molecule has 4 nitrogen and oxygen atoms in total. The first-order valence-electron chi connectivity index (χ1n) is 5.57. The number of aromatic nitrogens is 2. The number of aromatic amines is 1. The van der Waals surface area contributed by atoms with Gasteiger partial charge in [0.2, 0.25) is 0 Å². The van der Waals surface area contributed by atoms with Gasteiger partial charge in [-0.1, -0.05) is 19.1 Å². The van der Waals surface area contributed by atoms with Gasteiger partial charge in [-0.25, -0.2) is 4.79 Å². The molecule has 1 N–H and O–H groups in total. The molecule has 90 valence electrons. The molecule has 0 aliphatic rings. The van der Waals surface area contributed by atoms with Crippen molar-refractivity contribution in [3.05, 3.63) is 34.1 Å². The van der Waals surface area contributed by atoms with Gasteiger partial charge >= 0.3 is 5.97 Å². The third kappa shape index (κ3) is 2.10. The van der Waals surface area contributed by atoms with Crippen molar-refractivity contribution in [2.45, 2.75) is 20.3 Å². The molecule has 0 atom stereocenters. The van der Waals surface area contributed by atoms with Gasteiger partial charge in [0, 0.05) is 6.20 Å². The van der Waals surface area contributed by atoms with Crippen molar-refractivity contribution in [3.8, 4) is 0 Å². The maximum atomic E-state index is 11.8. The van der Waals surface area contributed by atoms with E-state index >= 15 is 0 Å². The number of fused-ring (bicyclic) bond motifs is 1. The second kappa shape index (κ2) is 4.71. The van der Waals surface area contributed by atoms with Gasteiger partial charge in [-0.15, -0.1) is 0 Å². The SMILES string of the molecule is CCOC(=O)c1c(=S)[nH]n2ccc(CC)cc12. The number of carbonyl (C=O) groups is 1. The molecule has 2 rings (SSSR count). The number of rotatable bonds is 3. The molecule has 0 saturated carbocycles. The van der Waals surface area contributed by atoms with E-state index in [4.69, 9.17) is 17.0 Å². The molecule has 5 heteroatoms. The Morgan fingerprint density at radius 3 is 2.94 bits per heavy atom. The number of nitrogens with zero attached hydrogens (tertiary/aromatic N) is 1. The van der Waals surface area contributed by atoms with E-state index in [1.807, 2.05) is 18.3 Å². The summed E-state index contributed by atoms with van der Waals surface area (Å²) in [7, 11) is 0. The van der Waals surface area contributed by atoms with Crippen LogP contribution in [0.1, 0.15) is 29.8 Å². The summed E-state index contributed by atoms with van der Waals surface area (Å²) in [4.78, 5) is 11.8. The smallest absolute Gasteiger partial charge is 0.343 e. The van der Waals surface area contributed by atoms with Gasteiger partial charge in [-0.2, -0.15) is 0 Å². The number of hydrogen-bond donors (Lipinski definition) is 1. The van der Waals surface area contributed by atoms with E-state index in [0.717, 1.165) is 17.5 Å². The molecular formula is C12H14N2O2S. The molecule has 17 heavy (non-hydrogen) atoms. The van der Waals surface area contributed by atoms with Crippen LogP contribution in [0.15, 0.2) is 18.3 Å². The Morgan fingerprint density at radius 1 is 1.53 bits per heavy atom. The van der Waals surface area contributed by atoms with Crippen molar-refractivity contribution in [3.63, 3.8) is 0 Å². The zero-order valence-electron chi connectivity index (χ0n) is 9.82. The van der Waals surface area contributed by atoms with E-state index in [-0.39, 0.29) is 5.97 Å². The van der Waals surface area contributed by atoms with Crippen LogP contribution in [-0.2, 0) is 11.2 Å². The standard InChI is InChI=1S/C12H14N2O2S/c1-3-8-5-6-14-9(7-8)10(11(17)13-14)12(15)16-4-2/h5-7H,3-4H2,1-2H3,(H,13,17). The molecule has 2 heterocycles. The molecule has 0 aliphatic carbocycles. The zero-order valence-corrected chi connectivity index (χ0v) is 10.6. The van der Waals surface area contributed by atoms with E-state index in [1.54, 1.807) is 11.4 Å². The average Bonchev–Trinajstić information content (AvgIpc) is 2.64. The first-order valence-corrected chi connectivity index (χ1v) is 5.98. The molecule has 0 bridgehead atoms. The van der Waals surface area contributed by atoms with Crippen LogP contribution < -0.4 is 0 Å². The first-order chi connectivity index (χ1) is 8.17. The third-order valence-corrected chi connectivity index (χ3v) is 2.91. The van der Waals surface area contributed by atoms with Gasteiger partial charge in [0.15, 0.2) is 0 Å². The molecule has 0 saturated heterocycles. The highest BCUT2D eigenvalue weighted by molar-refractivity contribution is 7.71. The lowest BCUT2D eigenvalue weighted by atomic mass is 10.1. The van der Waals surface area contributed by atoms with Gasteiger partial charge in [0.25, 0.3) is 0 Å². The number of ether oxygens (including phenoxy) is 1. The van der Waals surface area contributed by atoms with Crippen LogP contribution >= 0.6 is 12.2 Å². The summed E-state index contributed by atoms with van der Waals surface area (Å²) in [6.45, 7) is 4.19. The zero-order chi connectivity index (χ0) is 12.4. The summed E-state index contributed by atoms with van der Waals surface area (Å²) in [5.74, 6) is -0.371. The van der Waals surface area contributed by atoms with Crippen molar-refractivity contribution in [2.75, 3.05) is 6.61 Å². The third-order valence-electron chi connectivity index (χ3n) is 2.61. The number of esters is 1. The Balaban J connectivity index is 2.64. The van der Waals surface area contributed by atoms with Gasteiger partial charge in [-0.05, 0) is 31.0 Å². The highest BCUT2D eigenvalue weighted by Gasteiger charge is 2.15.